The second-order valence-electron chi connectivity index (χ2n) is 8.93. The maximum Gasteiger partial charge on any atom is 0.107 e. The molecule has 0 amide bonds. The van der Waals surface area contributed by atoms with E-state index in [1.165, 1.54) is 33.3 Å². The van der Waals surface area contributed by atoms with Gasteiger partial charge >= 0.3 is 0 Å². The Morgan fingerprint density at radius 3 is 2.69 bits per heavy atom. The van der Waals surface area contributed by atoms with E-state index in [1.807, 2.05) is 6.20 Å². The number of fused-ring (bicyclic) bond motifs is 1. The normalized spacial score (nSPS) is 20.4. The number of piperidine rings is 1. The summed E-state index contributed by atoms with van der Waals surface area (Å²) in [6.07, 6.45) is 3.12. The first-order valence-corrected chi connectivity index (χ1v) is 12.5. The molecule has 2 unspecified atom stereocenters. The van der Waals surface area contributed by atoms with Crippen LogP contribution in [0.5, 0.6) is 0 Å². The van der Waals surface area contributed by atoms with Gasteiger partial charge in [-0.3, -0.25) is 4.90 Å². The van der Waals surface area contributed by atoms with Crippen LogP contribution in [0.4, 0.5) is 0 Å². The number of aromatic nitrogens is 1. The van der Waals surface area contributed by atoms with Crippen molar-refractivity contribution in [3.63, 3.8) is 0 Å². The van der Waals surface area contributed by atoms with Crippen LogP contribution in [0.1, 0.15) is 41.4 Å². The van der Waals surface area contributed by atoms with Gasteiger partial charge in [0, 0.05) is 30.7 Å². The first-order chi connectivity index (χ1) is 15.8. The number of benzene rings is 3. The van der Waals surface area contributed by atoms with Crippen molar-refractivity contribution in [3.8, 4) is 0 Å². The summed E-state index contributed by atoms with van der Waals surface area (Å²) >= 11 is 1.76. The van der Waals surface area contributed by atoms with Crippen LogP contribution < -0.4 is 5.32 Å². The van der Waals surface area contributed by atoms with Gasteiger partial charge in [-0.2, -0.15) is 0 Å². The van der Waals surface area contributed by atoms with Crippen LogP contribution in [0.2, 0.25) is 0 Å². The molecule has 4 heteroatoms. The van der Waals surface area contributed by atoms with Crippen molar-refractivity contribution in [1.82, 2.24) is 15.2 Å². The Balaban J connectivity index is 1.32. The molecule has 1 fully saturated rings. The van der Waals surface area contributed by atoms with E-state index in [2.05, 4.69) is 100 Å². The molecule has 1 saturated heterocycles. The molecule has 0 aliphatic carbocycles. The van der Waals surface area contributed by atoms with Crippen molar-refractivity contribution in [2.75, 3.05) is 19.6 Å². The van der Waals surface area contributed by atoms with Gasteiger partial charge in [-0.15, -0.1) is 11.3 Å². The molecule has 0 spiro atoms. The highest BCUT2D eigenvalue weighted by atomic mass is 32.1. The number of thiazole rings is 1. The van der Waals surface area contributed by atoms with Gasteiger partial charge in [0.1, 0.15) is 5.01 Å². The molecular formula is C28H31N3S. The standard InChI is InChI=1S/C28H31N3S/c1-21(25-13-7-11-23-10-5-6-12-27(23)25)30-18-24-19-31(20-28-29-15-17-32-28)16-14-26(24)22-8-3-2-4-9-22/h2-13,15,17,21,24,26,30H,14,16,18-20H2,1H3/t21-,24?,26?/m1/s1. The molecule has 2 heterocycles. The number of likely N-dealkylation sites (tertiary alicyclic amines) is 1. The Labute approximate surface area is 195 Å². The van der Waals surface area contributed by atoms with Gasteiger partial charge in [-0.25, -0.2) is 4.98 Å². The molecule has 164 valence electrons. The van der Waals surface area contributed by atoms with Gasteiger partial charge in [0.2, 0.25) is 0 Å². The summed E-state index contributed by atoms with van der Waals surface area (Å²) in [5.74, 6) is 1.17. The number of hydrogen-bond donors (Lipinski definition) is 1. The van der Waals surface area contributed by atoms with Crippen LogP contribution in [0, 0.1) is 5.92 Å². The molecule has 32 heavy (non-hydrogen) atoms. The molecule has 1 aliphatic rings. The van der Waals surface area contributed by atoms with Crippen molar-refractivity contribution in [2.45, 2.75) is 31.8 Å². The molecular weight excluding hydrogens is 410 g/mol. The second kappa shape index (κ2) is 9.95. The van der Waals surface area contributed by atoms with E-state index in [9.17, 15) is 0 Å². The second-order valence-corrected chi connectivity index (χ2v) is 9.90. The van der Waals surface area contributed by atoms with E-state index in [-0.39, 0.29) is 0 Å². The molecule has 0 radical (unpaired) electrons. The van der Waals surface area contributed by atoms with Crippen LogP contribution in [0.25, 0.3) is 10.8 Å². The zero-order valence-electron chi connectivity index (χ0n) is 18.7. The molecule has 0 bridgehead atoms. The van der Waals surface area contributed by atoms with Gasteiger partial charge in [0.15, 0.2) is 0 Å². The smallest absolute Gasteiger partial charge is 0.107 e. The van der Waals surface area contributed by atoms with Crippen molar-refractivity contribution in [1.29, 1.82) is 0 Å². The zero-order chi connectivity index (χ0) is 21.8. The summed E-state index contributed by atoms with van der Waals surface area (Å²) in [5, 5.41) is 9.87. The number of rotatable bonds is 7. The minimum atomic E-state index is 0.312. The quantitative estimate of drug-likeness (QED) is 0.367. The highest BCUT2D eigenvalue weighted by molar-refractivity contribution is 7.09. The molecule has 3 aromatic carbocycles. The van der Waals surface area contributed by atoms with Gasteiger partial charge in [0.05, 0.1) is 6.54 Å². The largest absolute Gasteiger partial charge is 0.310 e. The third kappa shape index (κ3) is 4.78. The summed E-state index contributed by atoms with van der Waals surface area (Å²) in [7, 11) is 0. The predicted octanol–water partition coefficient (Wildman–Crippen LogP) is 6.25. The summed E-state index contributed by atoms with van der Waals surface area (Å²) in [4.78, 5) is 7.11. The molecule has 4 aromatic rings. The fourth-order valence-electron chi connectivity index (χ4n) is 5.19. The average molecular weight is 442 g/mol. The summed E-state index contributed by atoms with van der Waals surface area (Å²) in [5.41, 5.74) is 2.86. The van der Waals surface area contributed by atoms with Gasteiger partial charge in [0.25, 0.3) is 0 Å². The lowest BCUT2D eigenvalue weighted by molar-refractivity contribution is 0.142. The van der Waals surface area contributed by atoms with Crippen LogP contribution in [0.15, 0.2) is 84.4 Å². The lowest BCUT2D eigenvalue weighted by Gasteiger charge is -2.39. The molecule has 3 atom stereocenters. The first kappa shape index (κ1) is 21.3. The van der Waals surface area contributed by atoms with Crippen LogP contribution in [-0.2, 0) is 6.54 Å². The monoisotopic (exact) mass is 441 g/mol. The number of nitrogens with one attached hydrogen (secondary N) is 1. The molecule has 1 aromatic heterocycles. The van der Waals surface area contributed by atoms with E-state index in [0.29, 0.717) is 17.9 Å². The van der Waals surface area contributed by atoms with Crippen molar-refractivity contribution in [2.24, 2.45) is 5.92 Å². The topological polar surface area (TPSA) is 28.2 Å². The van der Waals surface area contributed by atoms with E-state index in [1.54, 1.807) is 11.3 Å². The molecule has 1 N–H and O–H groups in total. The van der Waals surface area contributed by atoms with Crippen molar-refractivity contribution in [3.05, 3.63) is 101 Å². The summed E-state index contributed by atoms with van der Waals surface area (Å²) in [6, 6.07) is 26.8. The fourth-order valence-corrected chi connectivity index (χ4v) is 5.84. The van der Waals surface area contributed by atoms with Gasteiger partial charge < -0.3 is 5.32 Å². The molecule has 5 rings (SSSR count). The minimum Gasteiger partial charge on any atom is -0.310 e. The number of nitrogens with zero attached hydrogens (tertiary/aromatic N) is 2. The summed E-state index contributed by atoms with van der Waals surface area (Å²) in [6.45, 7) is 6.52. The molecule has 1 aliphatic heterocycles. The fraction of sp³-hybridized carbons (Fsp3) is 0.321. The maximum absolute atomic E-state index is 4.52. The SMILES string of the molecule is C[C@@H](NCC1CN(Cc2nccs2)CCC1c1ccccc1)c1cccc2ccccc12. The molecule has 0 saturated carbocycles. The van der Waals surface area contributed by atoms with Crippen LogP contribution in [-0.4, -0.2) is 29.5 Å². The Morgan fingerprint density at radius 2 is 1.84 bits per heavy atom. The highest BCUT2D eigenvalue weighted by Crippen LogP contribution is 2.34. The lowest BCUT2D eigenvalue weighted by atomic mass is 9.80. The van der Waals surface area contributed by atoms with Crippen LogP contribution in [0.3, 0.4) is 0 Å². The van der Waals surface area contributed by atoms with E-state index >= 15 is 0 Å². The lowest BCUT2D eigenvalue weighted by Crippen LogP contribution is -2.43. The Hall–Kier alpha value is -2.53. The highest BCUT2D eigenvalue weighted by Gasteiger charge is 2.30. The minimum absolute atomic E-state index is 0.312. The van der Waals surface area contributed by atoms with Gasteiger partial charge in [-0.05, 0) is 53.6 Å². The van der Waals surface area contributed by atoms with E-state index in [0.717, 1.165) is 26.2 Å². The Bertz CT molecular complexity index is 1120. The van der Waals surface area contributed by atoms with Crippen molar-refractivity contribution >= 4 is 22.1 Å². The van der Waals surface area contributed by atoms with Crippen molar-refractivity contribution < 1.29 is 0 Å². The third-order valence-corrected chi connectivity index (χ3v) is 7.63. The molecule has 3 nitrogen and oxygen atoms in total. The maximum atomic E-state index is 4.52. The first-order valence-electron chi connectivity index (χ1n) is 11.6. The van der Waals surface area contributed by atoms with Gasteiger partial charge in [-0.1, -0.05) is 72.8 Å². The summed E-state index contributed by atoms with van der Waals surface area (Å²) < 4.78 is 0. The Morgan fingerprint density at radius 1 is 1.03 bits per heavy atom. The Kier molecular flexibility index (Phi) is 6.63. The average Bonchev–Trinajstić information content (AvgIpc) is 3.36. The zero-order valence-corrected chi connectivity index (χ0v) is 19.5. The number of hydrogen-bond acceptors (Lipinski definition) is 4. The third-order valence-electron chi connectivity index (χ3n) is 6.86. The predicted molar refractivity (Wildman–Crippen MR) is 135 cm³/mol. The van der Waals surface area contributed by atoms with E-state index < -0.39 is 0 Å². The van der Waals surface area contributed by atoms with E-state index in [4.69, 9.17) is 0 Å². The van der Waals surface area contributed by atoms with Crippen LogP contribution >= 0.6 is 11.3 Å².